The highest BCUT2D eigenvalue weighted by atomic mass is 16.5. The van der Waals surface area contributed by atoms with Crippen molar-refractivity contribution in [3.8, 4) is 0 Å². The molecule has 0 bridgehead atoms. The van der Waals surface area contributed by atoms with Gasteiger partial charge in [-0.25, -0.2) is 4.79 Å². The molecule has 0 aliphatic rings. The number of ether oxygens (including phenoxy) is 1. The molecule has 0 saturated heterocycles. The molecule has 0 heterocycles. The van der Waals surface area contributed by atoms with Crippen molar-refractivity contribution >= 4 is 5.97 Å². The second kappa shape index (κ2) is 5.23. The lowest BCUT2D eigenvalue weighted by molar-refractivity contribution is -0.147. The molecule has 10 heavy (non-hydrogen) atoms. The smallest absolute Gasteiger partial charge is 0.332 e. The van der Waals surface area contributed by atoms with Crippen LogP contribution in [0.15, 0.2) is 0 Å². The van der Waals surface area contributed by atoms with Gasteiger partial charge in [0.1, 0.15) is 0 Å². The summed E-state index contributed by atoms with van der Waals surface area (Å²) in [6, 6.07) is 0. The van der Waals surface area contributed by atoms with Crippen LogP contribution in [0.4, 0.5) is 0 Å². The third kappa shape index (κ3) is 4.32. The monoisotopic (exact) mass is 145 g/mol. The van der Waals surface area contributed by atoms with E-state index < -0.39 is 12.1 Å². The van der Waals surface area contributed by atoms with Crippen molar-refractivity contribution in [2.45, 2.75) is 32.8 Å². The van der Waals surface area contributed by atoms with E-state index in [1.165, 1.54) is 6.92 Å². The molecule has 0 aliphatic heterocycles. The zero-order chi connectivity index (χ0) is 7.98. The number of rotatable bonds is 5. The molecule has 1 unspecified atom stereocenters. The third-order valence-corrected chi connectivity index (χ3v) is 1.05. The molecular formula is C7H13O3. The average molecular weight is 145 g/mol. The third-order valence-electron chi connectivity index (χ3n) is 1.05. The Morgan fingerprint density at radius 1 is 1.80 bits per heavy atom. The molecule has 0 aliphatic carbocycles. The SMILES string of the molecule is CCC[CH]OC(C)C(=O)O. The maximum atomic E-state index is 10.1. The van der Waals surface area contributed by atoms with E-state index in [9.17, 15) is 4.79 Å². The van der Waals surface area contributed by atoms with Crippen LogP contribution in [0.25, 0.3) is 0 Å². The lowest BCUT2D eigenvalue weighted by Crippen LogP contribution is -2.18. The minimum Gasteiger partial charge on any atom is -0.479 e. The van der Waals surface area contributed by atoms with E-state index in [0.29, 0.717) is 0 Å². The number of aliphatic carboxylic acids is 1. The first-order valence-corrected chi connectivity index (χ1v) is 3.38. The molecule has 1 atom stereocenters. The van der Waals surface area contributed by atoms with Gasteiger partial charge in [0.15, 0.2) is 6.10 Å². The molecule has 3 nitrogen and oxygen atoms in total. The van der Waals surface area contributed by atoms with E-state index in [0.717, 1.165) is 12.8 Å². The van der Waals surface area contributed by atoms with Gasteiger partial charge in [-0.15, -0.1) is 0 Å². The predicted molar refractivity (Wildman–Crippen MR) is 37.4 cm³/mol. The van der Waals surface area contributed by atoms with Gasteiger partial charge >= 0.3 is 5.97 Å². The van der Waals surface area contributed by atoms with Crippen LogP contribution in [0.1, 0.15) is 26.7 Å². The fourth-order valence-electron chi connectivity index (χ4n) is 0.388. The molecule has 0 aromatic rings. The maximum absolute atomic E-state index is 10.1. The lowest BCUT2D eigenvalue weighted by atomic mass is 10.3. The molecule has 3 heteroatoms. The van der Waals surface area contributed by atoms with Gasteiger partial charge in [-0.1, -0.05) is 13.3 Å². The van der Waals surface area contributed by atoms with Crippen molar-refractivity contribution in [1.82, 2.24) is 0 Å². The molecule has 0 fully saturated rings. The number of unbranched alkanes of at least 4 members (excludes halogenated alkanes) is 1. The Morgan fingerprint density at radius 2 is 2.40 bits per heavy atom. The Labute approximate surface area is 61.0 Å². The summed E-state index contributed by atoms with van der Waals surface area (Å²) in [5.74, 6) is -0.924. The van der Waals surface area contributed by atoms with E-state index in [1.54, 1.807) is 6.61 Å². The van der Waals surface area contributed by atoms with Crippen molar-refractivity contribution < 1.29 is 14.6 Å². The van der Waals surface area contributed by atoms with Gasteiger partial charge in [-0.05, 0) is 13.3 Å². The van der Waals surface area contributed by atoms with Gasteiger partial charge in [0.25, 0.3) is 0 Å². The molecule has 0 spiro atoms. The van der Waals surface area contributed by atoms with Crippen LogP contribution >= 0.6 is 0 Å². The van der Waals surface area contributed by atoms with E-state index in [1.807, 2.05) is 6.92 Å². The summed E-state index contributed by atoms with van der Waals surface area (Å²) in [7, 11) is 0. The molecule has 59 valence electrons. The van der Waals surface area contributed by atoms with Gasteiger partial charge in [-0.3, -0.25) is 0 Å². The van der Waals surface area contributed by atoms with Gasteiger partial charge in [0.05, 0.1) is 6.61 Å². The van der Waals surface area contributed by atoms with Crippen molar-refractivity contribution in [2.24, 2.45) is 0 Å². The largest absolute Gasteiger partial charge is 0.479 e. The first kappa shape index (κ1) is 9.43. The normalized spacial score (nSPS) is 13.0. The van der Waals surface area contributed by atoms with Gasteiger partial charge in [0.2, 0.25) is 0 Å². The molecule has 1 radical (unpaired) electrons. The van der Waals surface area contributed by atoms with Gasteiger partial charge in [-0.2, -0.15) is 0 Å². The van der Waals surface area contributed by atoms with Crippen LogP contribution in [0.2, 0.25) is 0 Å². The van der Waals surface area contributed by atoms with Crippen LogP contribution in [0.5, 0.6) is 0 Å². The Hall–Kier alpha value is -0.570. The minimum absolute atomic E-state index is 0.716. The maximum Gasteiger partial charge on any atom is 0.332 e. The van der Waals surface area contributed by atoms with Crippen LogP contribution in [0, 0.1) is 6.61 Å². The molecule has 0 saturated carbocycles. The summed E-state index contributed by atoms with van der Waals surface area (Å²) in [6.45, 7) is 5.05. The number of hydrogen-bond acceptors (Lipinski definition) is 2. The highest BCUT2D eigenvalue weighted by molar-refractivity contribution is 5.71. The molecule has 0 aromatic heterocycles. The van der Waals surface area contributed by atoms with E-state index in [-0.39, 0.29) is 0 Å². The highest BCUT2D eigenvalue weighted by Crippen LogP contribution is 1.98. The number of carboxylic acid groups (broad SMARTS) is 1. The topological polar surface area (TPSA) is 46.5 Å². The fourth-order valence-corrected chi connectivity index (χ4v) is 0.388. The van der Waals surface area contributed by atoms with Crippen LogP contribution in [-0.4, -0.2) is 17.2 Å². The summed E-state index contributed by atoms with van der Waals surface area (Å²) in [6.07, 6.45) is 1.07. The zero-order valence-electron chi connectivity index (χ0n) is 6.33. The molecule has 1 N–H and O–H groups in total. The summed E-state index contributed by atoms with van der Waals surface area (Å²) in [4.78, 5) is 10.1. The average Bonchev–Trinajstić information content (AvgIpc) is 1.88. The number of carboxylic acids is 1. The molecule has 0 aromatic carbocycles. The number of hydrogen-bond donors (Lipinski definition) is 1. The van der Waals surface area contributed by atoms with Gasteiger partial charge in [0, 0.05) is 0 Å². The molecule has 0 amide bonds. The predicted octanol–water partition coefficient (Wildman–Crippen LogP) is 1.44. The molecule has 0 rings (SSSR count). The van der Waals surface area contributed by atoms with Crippen molar-refractivity contribution in [2.75, 3.05) is 0 Å². The minimum atomic E-state index is -0.924. The van der Waals surface area contributed by atoms with Gasteiger partial charge < -0.3 is 9.84 Å². The molecular weight excluding hydrogens is 132 g/mol. The lowest BCUT2D eigenvalue weighted by Gasteiger charge is -2.05. The summed E-state index contributed by atoms with van der Waals surface area (Å²) >= 11 is 0. The standard InChI is InChI=1S/C7H13O3/c1-3-4-5-10-6(2)7(8)9/h5-6H,3-4H2,1-2H3,(H,8,9). The van der Waals surface area contributed by atoms with Crippen molar-refractivity contribution in [3.05, 3.63) is 6.61 Å². The van der Waals surface area contributed by atoms with E-state index in [4.69, 9.17) is 9.84 Å². The second-order valence-electron chi connectivity index (χ2n) is 2.07. The zero-order valence-corrected chi connectivity index (χ0v) is 6.33. The van der Waals surface area contributed by atoms with Crippen LogP contribution in [0.3, 0.4) is 0 Å². The Morgan fingerprint density at radius 3 is 2.80 bits per heavy atom. The summed E-state index contributed by atoms with van der Waals surface area (Å²) < 4.78 is 4.82. The fraction of sp³-hybridized carbons (Fsp3) is 0.714. The van der Waals surface area contributed by atoms with Crippen LogP contribution < -0.4 is 0 Å². The van der Waals surface area contributed by atoms with E-state index >= 15 is 0 Å². The Bertz CT molecular complexity index is 101. The Kier molecular flexibility index (Phi) is 4.94. The first-order chi connectivity index (χ1) is 4.68. The summed E-state index contributed by atoms with van der Waals surface area (Å²) in [5.41, 5.74) is 0. The Balaban J connectivity index is 3.21. The second-order valence-corrected chi connectivity index (χ2v) is 2.07. The first-order valence-electron chi connectivity index (χ1n) is 3.38. The van der Waals surface area contributed by atoms with Crippen LogP contribution in [-0.2, 0) is 9.53 Å². The van der Waals surface area contributed by atoms with Crippen molar-refractivity contribution in [3.63, 3.8) is 0 Å². The van der Waals surface area contributed by atoms with E-state index in [2.05, 4.69) is 0 Å². The quantitative estimate of drug-likeness (QED) is 0.595. The van der Waals surface area contributed by atoms with Crippen molar-refractivity contribution in [1.29, 1.82) is 0 Å². The number of carbonyl (C=O) groups is 1. The summed E-state index contributed by atoms with van der Waals surface area (Å²) in [5, 5.41) is 8.34. The highest BCUT2D eigenvalue weighted by Gasteiger charge is 2.09.